The van der Waals surface area contributed by atoms with Gasteiger partial charge < -0.3 is 4.90 Å². The van der Waals surface area contributed by atoms with Crippen molar-refractivity contribution < 1.29 is 13.2 Å². The van der Waals surface area contributed by atoms with Gasteiger partial charge >= 0.3 is 0 Å². The number of nitrogens with zero attached hydrogens (tertiary/aromatic N) is 4. The molecule has 0 saturated carbocycles. The fraction of sp³-hybridized carbons (Fsp3) is 0.240. The van der Waals surface area contributed by atoms with Crippen LogP contribution in [0.25, 0.3) is 21.8 Å². The molecule has 1 aliphatic heterocycles. The molecule has 3 heterocycles. The van der Waals surface area contributed by atoms with Crippen molar-refractivity contribution >= 4 is 37.7 Å². The maximum atomic E-state index is 13.4. The van der Waals surface area contributed by atoms with E-state index in [1.165, 1.54) is 4.31 Å². The van der Waals surface area contributed by atoms with Crippen molar-refractivity contribution in [1.29, 1.82) is 0 Å². The van der Waals surface area contributed by atoms with Gasteiger partial charge in [0, 0.05) is 48.8 Å². The van der Waals surface area contributed by atoms with Crippen molar-refractivity contribution in [3.63, 3.8) is 0 Å². The Hall–Kier alpha value is -3.36. The number of fused-ring (bicyclic) bond motifs is 2. The summed E-state index contributed by atoms with van der Waals surface area (Å²) in [7, 11) is -3.73. The number of benzene rings is 2. The van der Waals surface area contributed by atoms with Crippen molar-refractivity contribution in [3.05, 3.63) is 77.6 Å². The van der Waals surface area contributed by atoms with Crippen LogP contribution in [0.15, 0.2) is 65.7 Å². The number of carbonyl (C=O) groups excluding carboxylic acids is 1. The van der Waals surface area contributed by atoms with Crippen molar-refractivity contribution in [2.75, 3.05) is 26.2 Å². The SMILES string of the molecule is Cc1cnc2c(S(=O)(=O)N3CCN(C(=O)c4cc(C)nc5ccccc45)CC3)cccc2c1. The smallest absolute Gasteiger partial charge is 0.254 e. The number of carbonyl (C=O) groups is 1. The molecule has 7 nitrogen and oxygen atoms in total. The fourth-order valence-electron chi connectivity index (χ4n) is 4.38. The van der Waals surface area contributed by atoms with Gasteiger partial charge in [-0.1, -0.05) is 30.3 Å². The molecule has 8 heteroatoms. The Balaban J connectivity index is 1.39. The summed E-state index contributed by atoms with van der Waals surface area (Å²) in [4.78, 5) is 24.1. The monoisotopic (exact) mass is 460 g/mol. The highest BCUT2D eigenvalue weighted by molar-refractivity contribution is 7.89. The highest BCUT2D eigenvalue weighted by atomic mass is 32.2. The van der Waals surface area contributed by atoms with Crippen LogP contribution in [0.3, 0.4) is 0 Å². The second kappa shape index (κ2) is 8.20. The lowest BCUT2D eigenvalue weighted by Gasteiger charge is -2.34. The van der Waals surface area contributed by atoms with Gasteiger partial charge in [-0.2, -0.15) is 4.31 Å². The van der Waals surface area contributed by atoms with Gasteiger partial charge in [0.1, 0.15) is 4.90 Å². The van der Waals surface area contributed by atoms with Gasteiger partial charge in [0.25, 0.3) is 5.91 Å². The number of pyridine rings is 2. The summed E-state index contributed by atoms with van der Waals surface area (Å²) < 4.78 is 28.3. The highest BCUT2D eigenvalue weighted by Crippen LogP contribution is 2.26. The lowest BCUT2D eigenvalue weighted by atomic mass is 10.1. The van der Waals surface area contributed by atoms with Gasteiger partial charge in [-0.15, -0.1) is 0 Å². The molecule has 0 radical (unpaired) electrons. The Bertz CT molecular complexity index is 1490. The largest absolute Gasteiger partial charge is 0.336 e. The first-order chi connectivity index (χ1) is 15.8. The van der Waals surface area contributed by atoms with Crippen LogP contribution in [0.4, 0.5) is 0 Å². The zero-order valence-electron chi connectivity index (χ0n) is 18.5. The summed E-state index contributed by atoms with van der Waals surface area (Å²) >= 11 is 0. The molecule has 0 spiro atoms. The molecule has 168 valence electrons. The number of piperazine rings is 1. The molecule has 4 aromatic rings. The molecular weight excluding hydrogens is 436 g/mol. The van der Waals surface area contributed by atoms with E-state index in [0.29, 0.717) is 24.2 Å². The number of aromatic nitrogens is 2. The predicted octanol–water partition coefficient (Wildman–Crippen LogP) is 3.55. The third-order valence-corrected chi connectivity index (χ3v) is 7.96. The van der Waals surface area contributed by atoms with Crippen LogP contribution < -0.4 is 0 Å². The Morgan fingerprint density at radius 2 is 1.70 bits per heavy atom. The molecule has 0 unspecified atom stereocenters. The minimum Gasteiger partial charge on any atom is -0.336 e. The fourth-order valence-corrected chi connectivity index (χ4v) is 5.96. The first-order valence-electron chi connectivity index (χ1n) is 10.9. The van der Waals surface area contributed by atoms with Crippen LogP contribution in [0.2, 0.25) is 0 Å². The summed E-state index contributed by atoms with van der Waals surface area (Å²) in [5.74, 6) is -0.101. The number of hydrogen-bond acceptors (Lipinski definition) is 5. The van der Waals surface area contributed by atoms with E-state index in [1.807, 2.05) is 50.2 Å². The molecule has 33 heavy (non-hydrogen) atoms. The Kier molecular flexibility index (Phi) is 5.34. The lowest BCUT2D eigenvalue weighted by Crippen LogP contribution is -2.50. The predicted molar refractivity (Wildman–Crippen MR) is 128 cm³/mol. The molecule has 0 N–H and O–H groups in total. The Labute approximate surface area is 192 Å². The van der Waals surface area contributed by atoms with Crippen LogP contribution in [-0.4, -0.2) is 59.7 Å². The van der Waals surface area contributed by atoms with E-state index in [9.17, 15) is 13.2 Å². The third kappa shape index (κ3) is 3.85. The molecule has 1 amide bonds. The van der Waals surface area contributed by atoms with Crippen LogP contribution in [0.1, 0.15) is 21.6 Å². The number of aryl methyl sites for hydroxylation is 2. The second-order valence-electron chi connectivity index (χ2n) is 8.37. The quantitative estimate of drug-likeness (QED) is 0.467. The summed E-state index contributed by atoms with van der Waals surface area (Å²) in [6.07, 6.45) is 1.68. The summed E-state index contributed by atoms with van der Waals surface area (Å²) in [5, 5.41) is 1.60. The number of para-hydroxylation sites is 2. The van der Waals surface area contributed by atoms with Gasteiger partial charge in [0.15, 0.2) is 0 Å². The van der Waals surface area contributed by atoms with E-state index >= 15 is 0 Å². The molecule has 5 rings (SSSR count). The van der Waals surface area contributed by atoms with Crippen LogP contribution in [0, 0.1) is 13.8 Å². The van der Waals surface area contributed by atoms with Gasteiger partial charge in [-0.05, 0) is 43.7 Å². The van der Waals surface area contributed by atoms with Crippen molar-refractivity contribution in [3.8, 4) is 0 Å². The first-order valence-corrected chi connectivity index (χ1v) is 12.3. The van der Waals surface area contributed by atoms with Crippen molar-refractivity contribution in [1.82, 2.24) is 19.2 Å². The molecule has 0 atom stereocenters. The zero-order valence-corrected chi connectivity index (χ0v) is 19.3. The van der Waals surface area contributed by atoms with Crippen LogP contribution >= 0.6 is 0 Å². The molecule has 2 aromatic carbocycles. The van der Waals surface area contributed by atoms with Gasteiger partial charge in [0.2, 0.25) is 10.0 Å². The molecule has 0 bridgehead atoms. The van der Waals surface area contributed by atoms with E-state index in [-0.39, 0.29) is 23.9 Å². The van der Waals surface area contributed by atoms with Crippen molar-refractivity contribution in [2.24, 2.45) is 0 Å². The van der Waals surface area contributed by atoms with Gasteiger partial charge in [0.05, 0.1) is 16.6 Å². The minimum atomic E-state index is -3.73. The molecule has 1 saturated heterocycles. The highest BCUT2D eigenvalue weighted by Gasteiger charge is 2.32. The minimum absolute atomic E-state index is 0.101. The number of rotatable bonds is 3. The summed E-state index contributed by atoms with van der Waals surface area (Å²) in [5.41, 5.74) is 3.60. The van der Waals surface area contributed by atoms with E-state index < -0.39 is 10.0 Å². The van der Waals surface area contributed by atoms with Crippen LogP contribution in [-0.2, 0) is 10.0 Å². The number of sulfonamides is 1. The van der Waals surface area contributed by atoms with E-state index in [2.05, 4.69) is 9.97 Å². The van der Waals surface area contributed by atoms with Crippen LogP contribution in [0.5, 0.6) is 0 Å². The average Bonchev–Trinajstić information content (AvgIpc) is 2.82. The number of amides is 1. The van der Waals surface area contributed by atoms with E-state index in [0.717, 1.165) is 27.5 Å². The van der Waals surface area contributed by atoms with Gasteiger partial charge in [-0.3, -0.25) is 14.8 Å². The maximum Gasteiger partial charge on any atom is 0.254 e. The third-order valence-electron chi connectivity index (χ3n) is 6.03. The zero-order chi connectivity index (χ0) is 23.2. The molecule has 0 aliphatic carbocycles. The van der Waals surface area contributed by atoms with E-state index in [4.69, 9.17) is 0 Å². The van der Waals surface area contributed by atoms with Crippen molar-refractivity contribution in [2.45, 2.75) is 18.7 Å². The number of hydrogen-bond donors (Lipinski definition) is 0. The molecule has 2 aromatic heterocycles. The lowest BCUT2D eigenvalue weighted by molar-refractivity contribution is 0.0699. The summed E-state index contributed by atoms with van der Waals surface area (Å²) in [6, 6.07) is 16.5. The first kappa shape index (κ1) is 21.5. The van der Waals surface area contributed by atoms with Gasteiger partial charge in [-0.25, -0.2) is 8.42 Å². The molecule has 1 fully saturated rings. The normalized spacial score (nSPS) is 15.3. The average molecular weight is 461 g/mol. The second-order valence-corrected chi connectivity index (χ2v) is 10.3. The topological polar surface area (TPSA) is 83.5 Å². The standard InChI is InChI=1S/C25H24N4O3S/c1-17-14-19-6-5-9-23(24(19)26-16-17)33(31,32)29-12-10-28(11-13-29)25(30)21-15-18(2)27-22-8-4-3-7-20(21)22/h3-9,14-16H,10-13H2,1-2H3. The Morgan fingerprint density at radius 3 is 2.48 bits per heavy atom. The molecular formula is C25H24N4O3S. The summed E-state index contributed by atoms with van der Waals surface area (Å²) in [6.45, 7) is 4.91. The molecule has 1 aliphatic rings. The van der Waals surface area contributed by atoms with E-state index in [1.54, 1.807) is 29.3 Å². The maximum absolute atomic E-state index is 13.4. The Morgan fingerprint density at radius 1 is 0.939 bits per heavy atom.